The first-order valence-electron chi connectivity index (χ1n) is 12.4. The topological polar surface area (TPSA) is 79.3 Å². The maximum atomic E-state index is 13.2. The first kappa shape index (κ1) is 26.3. The number of carbonyl (C=O) groups excluding carboxylic acids is 2. The maximum Gasteiger partial charge on any atom is 0.295 e. The number of rotatable bonds is 12. The van der Waals surface area contributed by atoms with E-state index in [0.717, 1.165) is 25.1 Å². The Hall–Kier alpha value is -3.32. The van der Waals surface area contributed by atoms with Crippen LogP contribution < -0.4 is 9.47 Å². The molecule has 0 radical (unpaired) electrons. The zero-order valence-electron chi connectivity index (χ0n) is 21.1. The standard InChI is InChI=1S/C28H36N2O5/c1-5-18-35-22-14-12-20(13-15-22)26(31)24-25(21-10-9-11-23(19-21)34-8-4)30(28(33)27(24)32)17-16-29(6-2)7-3/h9-15,19,25,31H,5-8,16-18H2,1-4H3. The highest BCUT2D eigenvalue weighted by atomic mass is 16.5. The summed E-state index contributed by atoms with van der Waals surface area (Å²) in [6.07, 6.45) is 0.888. The molecule has 1 aliphatic heterocycles. The predicted octanol–water partition coefficient (Wildman–Crippen LogP) is 4.64. The SMILES string of the molecule is CCCOc1ccc(C(O)=C2C(=O)C(=O)N(CCN(CC)CC)C2c2cccc(OCC)c2)cc1. The van der Waals surface area contributed by atoms with Crippen LogP contribution in [0.4, 0.5) is 0 Å². The average Bonchev–Trinajstić information content (AvgIpc) is 3.13. The lowest BCUT2D eigenvalue weighted by Crippen LogP contribution is -2.38. The van der Waals surface area contributed by atoms with Crippen molar-refractivity contribution < 1.29 is 24.2 Å². The molecular weight excluding hydrogens is 444 g/mol. The molecule has 7 nitrogen and oxygen atoms in total. The fraction of sp³-hybridized carbons (Fsp3) is 0.429. The molecule has 7 heteroatoms. The van der Waals surface area contributed by atoms with Crippen molar-refractivity contribution in [3.63, 3.8) is 0 Å². The third-order valence-electron chi connectivity index (χ3n) is 6.18. The van der Waals surface area contributed by atoms with Crippen molar-refractivity contribution in [3.05, 3.63) is 65.2 Å². The highest BCUT2D eigenvalue weighted by molar-refractivity contribution is 6.46. The third-order valence-corrected chi connectivity index (χ3v) is 6.18. The number of hydrogen-bond donors (Lipinski definition) is 1. The molecule has 0 aliphatic carbocycles. The van der Waals surface area contributed by atoms with Crippen molar-refractivity contribution in [1.82, 2.24) is 9.80 Å². The summed E-state index contributed by atoms with van der Waals surface area (Å²) in [7, 11) is 0. The lowest BCUT2D eigenvalue weighted by atomic mass is 9.95. The molecule has 1 saturated heterocycles. The fourth-order valence-electron chi connectivity index (χ4n) is 4.27. The van der Waals surface area contributed by atoms with Gasteiger partial charge in [-0.3, -0.25) is 9.59 Å². The van der Waals surface area contributed by atoms with Crippen molar-refractivity contribution in [1.29, 1.82) is 0 Å². The van der Waals surface area contributed by atoms with Crippen LogP contribution in [0.5, 0.6) is 11.5 Å². The van der Waals surface area contributed by atoms with Crippen molar-refractivity contribution in [2.24, 2.45) is 0 Å². The van der Waals surface area contributed by atoms with Crippen molar-refractivity contribution in [2.45, 2.75) is 40.2 Å². The predicted molar refractivity (Wildman–Crippen MR) is 137 cm³/mol. The van der Waals surface area contributed by atoms with Crippen LogP contribution in [0, 0.1) is 0 Å². The van der Waals surface area contributed by atoms with E-state index in [1.54, 1.807) is 29.2 Å². The van der Waals surface area contributed by atoms with Crippen LogP contribution in [0.15, 0.2) is 54.1 Å². The highest BCUT2D eigenvalue weighted by Gasteiger charge is 2.46. The van der Waals surface area contributed by atoms with E-state index in [1.165, 1.54) is 0 Å². The van der Waals surface area contributed by atoms with Crippen molar-refractivity contribution in [3.8, 4) is 11.5 Å². The van der Waals surface area contributed by atoms with Gasteiger partial charge in [0, 0.05) is 18.7 Å². The second-order valence-corrected chi connectivity index (χ2v) is 8.40. The zero-order chi connectivity index (χ0) is 25.4. The molecule has 0 aromatic heterocycles. The molecular formula is C28H36N2O5. The summed E-state index contributed by atoms with van der Waals surface area (Å²) in [5, 5.41) is 11.3. The highest BCUT2D eigenvalue weighted by Crippen LogP contribution is 2.40. The number of nitrogens with zero attached hydrogens (tertiary/aromatic N) is 2. The Balaban J connectivity index is 2.05. The average molecular weight is 481 g/mol. The van der Waals surface area contributed by atoms with Gasteiger partial charge in [0.1, 0.15) is 17.3 Å². The van der Waals surface area contributed by atoms with Gasteiger partial charge in [0.05, 0.1) is 24.8 Å². The Morgan fingerprint density at radius 1 is 0.971 bits per heavy atom. The van der Waals surface area contributed by atoms with Crippen LogP contribution in [0.2, 0.25) is 0 Å². The number of ketones is 1. The molecule has 188 valence electrons. The Kier molecular flexibility index (Phi) is 9.32. The van der Waals surface area contributed by atoms with Crippen LogP contribution in [0.3, 0.4) is 0 Å². The quantitative estimate of drug-likeness (QED) is 0.271. The number of Topliss-reactive ketones (excluding diaryl/α,β-unsaturated/α-hetero) is 1. The van der Waals surface area contributed by atoms with E-state index in [4.69, 9.17) is 9.47 Å². The summed E-state index contributed by atoms with van der Waals surface area (Å²) in [6.45, 7) is 11.8. The van der Waals surface area contributed by atoms with Crippen LogP contribution in [-0.4, -0.2) is 66.0 Å². The Morgan fingerprint density at radius 3 is 2.31 bits per heavy atom. The number of aliphatic hydroxyl groups excluding tert-OH is 1. The molecule has 1 amide bonds. The zero-order valence-corrected chi connectivity index (χ0v) is 21.1. The Labute approximate surface area is 207 Å². The second-order valence-electron chi connectivity index (χ2n) is 8.40. The summed E-state index contributed by atoms with van der Waals surface area (Å²) in [5.41, 5.74) is 1.27. The molecule has 1 heterocycles. The lowest BCUT2D eigenvalue weighted by Gasteiger charge is -2.28. The van der Waals surface area contributed by atoms with Crippen LogP contribution in [0.25, 0.3) is 5.76 Å². The number of ether oxygens (including phenoxy) is 2. The van der Waals surface area contributed by atoms with Gasteiger partial charge in [-0.25, -0.2) is 0 Å². The third kappa shape index (κ3) is 6.03. The maximum absolute atomic E-state index is 13.2. The van der Waals surface area contributed by atoms with Crippen LogP contribution in [0.1, 0.15) is 51.3 Å². The number of hydrogen-bond acceptors (Lipinski definition) is 6. The molecule has 2 aromatic rings. The number of aliphatic hydroxyl groups is 1. The second kappa shape index (κ2) is 12.4. The first-order chi connectivity index (χ1) is 16.9. The summed E-state index contributed by atoms with van der Waals surface area (Å²) in [6, 6.07) is 13.6. The monoisotopic (exact) mass is 480 g/mol. The van der Waals surface area contributed by atoms with E-state index < -0.39 is 17.7 Å². The van der Waals surface area contributed by atoms with E-state index in [2.05, 4.69) is 18.7 Å². The fourth-order valence-corrected chi connectivity index (χ4v) is 4.27. The van der Waals surface area contributed by atoms with E-state index in [1.807, 2.05) is 38.1 Å². The number of likely N-dealkylation sites (N-methyl/N-ethyl adjacent to an activating group) is 1. The number of benzene rings is 2. The van der Waals surface area contributed by atoms with Crippen LogP contribution in [-0.2, 0) is 9.59 Å². The molecule has 0 bridgehead atoms. The van der Waals surface area contributed by atoms with Gasteiger partial charge in [-0.1, -0.05) is 32.9 Å². The minimum absolute atomic E-state index is 0.0884. The van der Waals surface area contributed by atoms with Gasteiger partial charge in [-0.15, -0.1) is 0 Å². The van der Waals surface area contributed by atoms with Gasteiger partial charge < -0.3 is 24.4 Å². The van der Waals surface area contributed by atoms with Gasteiger partial charge >= 0.3 is 0 Å². The van der Waals surface area contributed by atoms with Gasteiger partial charge in [-0.2, -0.15) is 0 Å². The van der Waals surface area contributed by atoms with Gasteiger partial charge in [0.25, 0.3) is 11.7 Å². The number of carbonyl (C=O) groups is 2. The Bertz CT molecular complexity index is 1040. The van der Waals surface area contributed by atoms with E-state index >= 15 is 0 Å². The molecule has 1 N–H and O–H groups in total. The molecule has 2 aromatic carbocycles. The number of amides is 1. The molecule has 1 fully saturated rings. The minimum atomic E-state index is -0.706. The molecule has 1 aliphatic rings. The smallest absolute Gasteiger partial charge is 0.295 e. The van der Waals surface area contributed by atoms with E-state index in [-0.39, 0.29) is 11.3 Å². The largest absolute Gasteiger partial charge is 0.507 e. The summed E-state index contributed by atoms with van der Waals surface area (Å²) in [4.78, 5) is 30.2. The van der Waals surface area contributed by atoms with Gasteiger partial charge in [0.15, 0.2) is 0 Å². The van der Waals surface area contributed by atoms with Gasteiger partial charge in [-0.05, 0) is 68.4 Å². The lowest BCUT2D eigenvalue weighted by molar-refractivity contribution is -0.140. The normalized spacial score (nSPS) is 17.3. The number of likely N-dealkylation sites (tertiary alicyclic amines) is 1. The summed E-state index contributed by atoms with van der Waals surface area (Å²) < 4.78 is 11.3. The minimum Gasteiger partial charge on any atom is -0.507 e. The van der Waals surface area contributed by atoms with Crippen LogP contribution >= 0.6 is 0 Å². The molecule has 3 rings (SSSR count). The Morgan fingerprint density at radius 2 is 1.69 bits per heavy atom. The van der Waals surface area contributed by atoms with E-state index in [0.29, 0.717) is 43.4 Å². The molecule has 1 unspecified atom stereocenters. The van der Waals surface area contributed by atoms with Gasteiger partial charge in [0.2, 0.25) is 0 Å². The molecule has 1 atom stereocenters. The summed E-state index contributed by atoms with van der Waals surface area (Å²) >= 11 is 0. The summed E-state index contributed by atoms with van der Waals surface area (Å²) in [5.74, 6) is -0.142. The molecule has 0 saturated carbocycles. The van der Waals surface area contributed by atoms with Crippen molar-refractivity contribution in [2.75, 3.05) is 39.4 Å². The molecule has 0 spiro atoms. The van der Waals surface area contributed by atoms with E-state index in [9.17, 15) is 14.7 Å². The first-order valence-corrected chi connectivity index (χ1v) is 12.4. The molecule has 35 heavy (non-hydrogen) atoms. The van der Waals surface area contributed by atoms with Crippen molar-refractivity contribution >= 4 is 17.4 Å².